The van der Waals surface area contributed by atoms with Gasteiger partial charge in [-0.1, -0.05) is 24.3 Å². The Morgan fingerprint density at radius 1 is 1.26 bits per heavy atom. The van der Waals surface area contributed by atoms with Gasteiger partial charge < -0.3 is 15.8 Å². The molecular weight excluding hydrogens is 338 g/mol. The zero-order valence-corrected chi connectivity index (χ0v) is 15.4. The fourth-order valence-electron chi connectivity index (χ4n) is 5.42. The van der Waals surface area contributed by atoms with Crippen molar-refractivity contribution in [3.8, 4) is 11.1 Å². The van der Waals surface area contributed by atoms with Crippen LogP contribution < -0.4 is 11.1 Å². The summed E-state index contributed by atoms with van der Waals surface area (Å²) in [5.41, 5.74) is 9.57. The van der Waals surface area contributed by atoms with Crippen molar-refractivity contribution in [2.45, 2.75) is 30.7 Å². The maximum absolute atomic E-state index is 11.8. The summed E-state index contributed by atoms with van der Waals surface area (Å²) in [5, 5.41) is 3.81. The lowest BCUT2D eigenvalue weighted by molar-refractivity contribution is 0.0512. The number of hydrogen-bond acceptors (Lipinski definition) is 4. The van der Waals surface area contributed by atoms with Crippen molar-refractivity contribution in [1.29, 1.82) is 0 Å². The molecular formula is C22H25N3O2. The van der Waals surface area contributed by atoms with Gasteiger partial charge in [-0.2, -0.15) is 0 Å². The number of pyridine rings is 1. The van der Waals surface area contributed by atoms with Crippen LogP contribution >= 0.6 is 0 Å². The Morgan fingerprint density at radius 3 is 2.89 bits per heavy atom. The Bertz CT molecular complexity index is 877. The zero-order chi connectivity index (χ0) is 18.4. The number of primary amides is 1. The number of carbonyl (C=O) groups is 1. The highest BCUT2D eigenvalue weighted by Crippen LogP contribution is 2.62. The molecule has 140 valence electrons. The molecule has 0 bridgehead atoms. The average Bonchev–Trinajstić information content (AvgIpc) is 3.34. The van der Waals surface area contributed by atoms with Gasteiger partial charge in [0.15, 0.2) is 0 Å². The van der Waals surface area contributed by atoms with Gasteiger partial charge in [-0.25, -0.2) is 0 Å². The van der Waals surface area contributed by atoms with Gasteiger partial charge in [-0.05, 0) is 60.4 Å². The second-order valence-electron chi connectivity index (χ2n) is 8.14. The van der Waals surface area contributed by atoms with Crippen molar-refractivity contribution in [2.24, 2.45) is 17.6 Å². The molecule has 1 aromatic heterocycles. The summed E-state index contributed by atoms with van der Waals surface area (Å²) in [6.45, 7) is 2.86. The van der Waals surface area contributed by atoms with Gasteiger partial charge in [0.1, 0.15) is 0 Å². The van der Waals surface area contributed by atoms with Gasteiger partial charge in [-0.3, -0.25) is 9.78 Å². The van der Waals surface area contributed by atoms with Gasteiger partial charge in [-0.15, -0.1) is 0 Å². The number of hydrogen-bond donors (Lipinski definition) is 2. The molecule has 5 heteroatoms. The van der Waals surface area contributed by atoms with E-state index in [1.807, 2.05) is 6.07 Å². The number of nitrogens with two attached hydrogens (primary N) is 1. The molecule has 2 saturated heterocycles. The fourth-order valence-corrected chi connectivity index (χ4v) is 5.42. The highest BCUT2D eigenvalue weighted by atomic mass is 16.5. The van der Waals surface area contributed by atoms with Crippen molar-refractivity contribution >= 4 is 5.91 Å². The number of rotatable bonds is 4. The molecule has 3 N–H and O–H groups in total. The molecule has 5 rings (SSSR count). The third kappa shape index (κ3) is 2.68. The fraction of sp³-hybridized carbons (Fsp3) is 0.455. The maximum atomic E-state index is 11.8. The number of benzene rings is 1. The van der Waals surface area contributed by atoms with Crippen LogP contribution in [0.1, 0.15) is 35.2 Å². The first-order valence-electron chi connectivity index (χ1n) is 9.86. The van der Waals surface area contributed by atoms with E-state index < -0.39 is 5.91 Å². The second-order valence-corrected chi connectivity index (χ2v) is 8.14. The molecule has 3 heterocycles. The summed E-state index contributed by atoms with van der Waals surface area (Å²) in [5.74, 6) is 0.958. The Hall–Kier alpha value is -2.24. The number of nitrogens with one attached hydrogen (secondary N) is 1. The zero-order valence-electron chi connectivity index (χ0n) is 15.4. The van der Waals surface area contributed by atoms with Crippen LogP contribution in [0.2, 0.25) is 0 Å². The lowest BCUT2D eigenvalue weighted by Gasteiger charge is -2.34. The van der Waals surface area contributed by atoms with Crippen LogP contribution in [-0.2, 0) is 10.2 Å². The Labute approximate surface area is 159 Å². The Balaban J connectivity index is 1.52. The van der Waals surface area contributed by atoms with Crippen LogP contribution in [0.25, 0.3) is 11.1 Å². The first-order valence-corrected chi connectivity index (χ1v) is 9.86. The minimum atomic E-state index is -0.437. The van der Waals surface area contributed by atoms with E-state index in [9.17, 15) is 4.79 Å². The number of carbonyl (C=O) groups excluding carboxylic acids is 1. The molecule has 5 nitrogen and oxygen atoms in total. The van der Waals surface area contributed by atoms with Gasteiger partial charge in [0, 0.05) is 37.1 Å². The van der Waals surface area contributed by atoms with Crippen molar-refractivity contribution in [3.05, 3.63) is 53.9 Å². The molecule has 3 atom stereocenters. The lowest BCUT2D eigenvalue weighted by atomic mass is 9.77. The molecule has 2 aromatic rings. The van der Waals surface area contributed by atoms with E-state index in [1.54, 1.807) is 12.4 Å². The number of piperidine rings is 1. The summed E-state index contributed by atoms with van der Waals surface area (Å²) in [4.78, 5) is 15.9. The number of aromatic nitrogens is 1. The summed E-state index contributed by atoms with van der Waals surface area (Å²) in [6.07, 6.45) is 6.81. The van der Waals surface area contributed by atoms with Crippen LogP contribution in [-0.4, -0.2) is 36.7 Å². The number of nitrogens with zero attached hydrogens (tertiary/aromatic N) is 1. The summed E-state index contributed by atoms with van der Waals surface area (Å²) in [7, 11) is 0. The highest BCUT2D eigenvalue weighted by Gasteiger charge is 2.65. The van der Waals surface area contributed by atoms with Crippen molar-refractivity contribution in [3.63, 3.8) is 0 Å². The first-order chi connectivity index (χ1) is 13.2. The topological polar surface area (TPSA) is 77.2 Å². The minimum absolute atomic E-state index is 0.234. The van der Waals surface area contributed by atoms with E-state index >= 15 is 0 Å². The molecule has 1 aliphatic carbocycles. The van der Waals surface area contributed by atoms with Crippen LogP contribution in [0.15, 0.2) is 42.7 Å². The standard InChI is InChI=1S/C22H25N3O2/c23-21(26)19-13-24-7-4-18(19)15-2-1-3-16(10-15)22-11-17(22)12-25-20(22)14-5-8-27-9-6-14/h1-4,7,10,13-14,17,20,25H,5-6,8-9,11-12H2,(H2,23,26)/t17-,20?,22+/m0/s1. The normalized spacial score (nSPS) is 30.1. The van der Waals surface area contributed by atoms with E-state index in [-0.39, 0.29) is 5.41 Å². The molecule has 1 aromatic carbocycles. The van der Waals surface area contributed by atoms with E-state index in [2.05, 4.69) is 34.6 Å². The average molecular weight is 363 g/mol. The van der Waals surface area contributed by atoms with E-state index in [1.165, 1.54) is 12.0 Å². The first kappa shape index (κ1) is 16.9. The molecule has 27 heavy (non-hydrogen) atoms. The molecule has 2 aliphatic heterocycles. The van der Waals surface area contributed by atoms with Gasteiger partial charge in [0.25, 0.3) is 5.91 Å². The quantitative estimate of drug-likeness (QED) is 0.875. The van der Waals surface area contributed by atoms with Crippen LogP contribution in [0.3, 0.4) is 0 Å². The summed E-state index contributed by atoms with van der Waals surface area (Å²) in [6, 6.07) is 11.1. The monoisotopic (exact) mass is 363 g/mol. The van der Waals surface area contributed by atoms with E-state index in [0.29, 0.717) is 23.4 Å². The predicted octanol–water partition coefficient (Wildman–Crippen LogP) is 2.50. The SMILES string of the molecule is NC(=O)c1cnccc1-c1cccc([C@]23C[C@H]2CNC3C2CCOCC2)c1. The summed E-state index contributed by atoms with van der Waals surface area (Å²) < 4.78 is 5.58. The molecule has 0 spiro atoms. The Kier molecular flexibility index (Phi) is 4.02. The molecule has 3 fully saturated rings. The van der Waals surface area contributed by atoms with Gasteiger partial charge in [0.2, 0.25) is 0 Å². The van der Waals surface area contributed by atoms with E-state index in [0.717, 1.165) is 43.7 Å². The molecule has 1 saturated carbocycles. The largest absolute Gasteiger partial charge is 0.381 e. The Morgan fingerprint density at radius 2 is 2.11 bits per heavy atom. The molecule has 0 radical (unpaired) electrons. The highest BCUT2D eigenvalue weighted by molar-refractivity contribution is 5.99. The number of amides is 1. The van der Waals surface area contributed by atoms with Crippen molar-refractivity contribution in [2.75, 3.05) is 19.8 Å². The lowest BCUT2D eigenvalue weighted by Crippen LogP contribution is -2.43. The third-order valence-electron chi connectivity index (χ3n) is 6.83. The smallest absolute Gasteiger partial charge is 0.250 e. The van der Waals surface area contributed by atoms with Crippen molar-refractivity contribution < 1.29 is 9.53 Å². The molecule has 1 unspecified atom stereocenters. The number of ether oxygens (including phenoxy) is 1. The van der Waals surface area contributed by atoms with Crippen LogP contribution in [0.5, 0.6) is 0 Å². The van der Waals surface area contributed by atoms with Crippen LogP contribution in [0, 0.1) is 11.8 Å². The predicted molar refractivity (Wildman–Crippen MR) is 103 cm³/mol. The maximum Gasteiger partial charge on any atom is 0.250 e. The van der Waals surface area contributed by atoms with Crippen LogP contribution in [0.4, 0.5) is 0 Å². The second kappa shape index (κ2) is 6.43. The van der Waals surface area contributed by atoms with Gasteiger partial charge in [0.05, 0.1) is 5.56 Å². The number of fused-ring (bicyclic) bond motifs is 1. The molecule has 3 aliphatic rings. The summed E-state index contributed by atoms with van der Waals surface area (Å²) >= 11 is 0. The van der Waals surface area contributed by atoms with E-state index in [4.69, 9.17) is 10.5 Å². The molecule has 1 amide bonds. The third-order valence-corrected chi connectivity index (χ3v) is 6.83. The van der Waals surface area contributed by atoms with Gasteiger partial charge >= 0.3 is 0 Å². The minimum Gasteiger partial charge on any atom is -0.381 e. The van der Waals surface area contributed by atoms with Crippen molar-refractivity contribution in [1.82, 2.24) is 10.3 Å².